The fourth-order valence-corrected chi connectivity index (χ4v) is 4.56. The Morgan fingerprint density at radius 3 is 2.44 bits per heavy atom. The number of para-hydroxylation sites is 1. The maximum atomic E-state index is 6.39. The van der Waals surface area contributed by atoms with Gasteiger partial charge in [0, 0.05) is 22.2 Å². The first-order valence-electron chi connectivity index (χ1n) is 11.3. The molecule has 0 aliphatic rings. The average Bonchev–Trinajstić information content (AvgIpc) is 3.13. The van der Waals surface area contributed by atoms with E-state index in [4.69, 9.17) is 16.6 Å². The molecule has 1 heterocycles. The fraction of sp³-hybridized carbons (Fsp3) is 0.100. The summed E-state index contributed by atoms with van der Waals surface area (Å²) in [4.78, 5) is 4.70. The number of fused-ring (bicyclic) bond motifs is 5. The highest BCUT2D eigenvalue weighted by atomic mass is 35.5. The number of benzene rings is 4. The van der Waals surface area contributed by atoms with Crippen LogP contribution in [0.4, 0.5) is 11.4 Å². The lowest BCUT2D eigenvalue weighted by Gasteiger charge is -2.11. The zero-order valence-corrected chi connectivity index (χ0v) is 20.2. The van der Waals surface area contributed by atoms with E-state index in [0.29, 0.717) is 11.6 Å². The maximum Gasteiger partial charge on any atom is 0.0648 e. The third-order valence-electron chi connectivity index (χ3n) is 6.19. The van der Waals surface area contributed by atoms with Crippen molar-refractivity contribution in [2.75, 3.05) is 5.32 Å². The molecule has 4 heteroatoms. The van der Waals surface area contributed by atoms with E-state index in [-0.39, 0.29) is 0 Å². The number of aromatic nitrogens is 1. The molecule has 34 heavy (non-hydrogen) atoms. The van der Waals surface area contributed by atoms with Crippen LogP contribution < -0.4 is 5.32 Å². The van der Waals surface area contributed by atoms with E-state index in [1.165, 1.54) is 21.5 Å². The summed E-state index contributed by atoms with van der Waals surface area (Å²) in [6.07, 6.45) is 0. The van der Waals surface area contributed by atoms with Gasteiger partial charge < -0.3 is 9.88 Å². The summed E-state index contributed by atoms with van der Waals surface area (Å²) in [5.41, 5.74) is 6.76. The molecule has 0 aliphatic carbocycles. The molecule has 1 N–H and O–H groups in total. The molecule has 0 amide bonds. The topological polar surface area (TPSA) is 29.3 Å². The van der Waals surface area contributed by atoms with Crippen molar-refractivity contribution in [1.29, 1.82) is 0 Å². The summed E-state index contributed by atoms with van der Waals surface area (Å²) in [5, 5.41) is 9.06. The standard InChI is InChI=1S/C30H26ClN3/c1-19(2)21(4)32-20(3)18-34-28-16-13-22-9-5-6-10-24(22)30(28)25-15-14-23(17-29(25)34)33-27-12-8-7-11-26(27)31/h5-17,33H,1,3,18H2,2,4H3. The van der Waals surface area contributed by atoms with Crippen molar-refractivity contribution in [3.63, 3.8) is 0 Å². The molecule has 0 atom stereocenters. The molecule has 0 fully saturated rings. The Hall–Kier alpha value is -3.82. The number of aliphatic imine (C=N–C) groups is 1. The smallest absolute Gasteiger partial charge is 0.0648 e. The van der Waals surface area contributed by atoms with Crippen molar-refractivity contribution in [3.05, 3.63) is 108 Å². The summed E-state index contributed by atoms with van der Waals surface area (Å²) in [6, 6.07) is 27.1. The second kappa shape index (κ2) is 8.85. The summed E-state index contributed by atoms with van der Waals surface area (Å²) in [5.74, 6) is 0. The number of halogens is 1. The van der Waals surface area contributed by atoms with Gasteiger partial charge in [-0.1, -0.05) is 73.3 Å². The van der Waals surface area contributed by atoms with Crippen LogP contribution in [0.1, 0.15) is 13.8 Å². The molecule has 3 nitrogen and oxygen atoms in total. The quantitative estimate of drug-likeness (QED) is 0.250. The summed E-state index contributed by atoms with van der Waals surface area (Å²) < 4.78 is 2.30. The van der Waals surface area contributed by atoms with Gasteiger partial charge >= 0.3 is 0 Å². The monoisotopic (exact) mass is 463 g/mol. The molecule has 0 spiro atoms. The van der Waals surface area contributed by atoms with E-state index in [2.05, 4.69) is 77.6 Å². The van der Waals surface area contributed by atoms with Crippen LogP contribution in [0, 0.1) is 0 Å². The third-order valence-corrected chi connectivity index (χ3v) is 6.52. The van der Waals surface area contributed by atoms with Crippen molar-refractivity contribution < 1.29 is 0 Å². The van der Waals surface area contributed by atoms with Crippen LogP contribution in [-0.4, -0.2) is 10.3 Å². The Labute approximate surface area is 204 Å². The Morgan fingerprint density at radius 1 is 0.882 bits per heavy atom. The molecule has 0 saturated carbocycles. The van der Waals surface area contributed by atoms with E-state index in [9.17, 15) is 0 Å². The number of nitrogens with zero attached hydrogens (tertiary/aromatic N) is 2. The summed E-state index contributed by atoms with van der Waals surface area (Å²) in [6.45, 7) is 12.8. The molecule has 0 saturated heterocycles. The summed E-state index contributed by atoms with van der Waals surface area (Å²) >= 11 is 6.39. The number of hydrogen-bond donors (Lipinski definition) is 1. The average molecular weight is 464 g/mol. The fourth-order valence-electron chi connectivity index (χ4n) is 4.38. The Morgan fingerprint density at radius 2 is 1.65 bits per heavy atom. The minimum Gasteiger partial charge on any atom is -0.354 e. The van der Waals surface area contributed by atoms with Crippen molar-refractivity contribution in [2.24, 2.45) is 4.99 Å². The van der Waals surface area contributed by atoms with Crippen LogP contribution in [0.3, 0.4) is 0 Å². The SMILES string of the molecule is C=C(Cn1c2cc(Nc3ccccc3Cl)ccc2c2c3ccccc3ccc21)N=C(C)C(=C)C. The van der Waals surface area contributed by atoms with Crippen LogP contribution in [0.2, 0.25) is 5.02 Å². The van der Waals surface area contributed by atoms with Gasteiger partial charge in [-0.15, -0.1) is 0 Å². The number of hydrogen-bond acceptors (Lipinski definition) is 2. The van der Waals surface area contributed by atoms with Crippen molar-refractivity contribution in [1.82, 2.24) is 4.57 Å². The van der Waals surface area contributed by atoms with Gasteiger partial charge in [-0.3, -0.25) is 4.99 Å². The van der Waals surface area contributed by atoms with E-state index in [1.54, 1.807) is 0 Å². The summed E-state index contributed by atoms with van der Waals surface area (Å²) in [7, 11) is 0. The van der Waals surface area contributed by atoms with Gasteiger partial charge in [-0.05, 0) is 60.5 Å². The van der Waals surface area contributed by atoms with Crippen molar-refractivity contribution in [3.8, 4) is 0 Å². The Bertz CT molecular complexity index is 1620. The first-order chi connectivity index (χ1) is 16.4. The molecule has 0 bridgehead atoms. The van der Waals surface area contributed by atoms with Crippen LogP contribution >= 0.6 is 11.6 Å². The van der Waals surface area contributed by atoms with Gasteiger partial charge in [-0.2, -0.15) is 0 Å². The highest BCUT2D eigenvalue weighted by Gasteiger charge is 2.15. The van der Waals surface area contributed by atoms with E-state index in [0.717, 1.165) is 39.4 Å². The third kappa shape index (κ3) is 4.00. The lowest BCUT2D eigenvalue weighted by atomic mass is 10.0. The highest BCUT2D eigenvalue weighted by molar-refractivity contribution is 6.33. The van der Waals surface area contributed by atoms with E-state index >= 15 is 0 Å². The zero-order valence-electron chi connectivity index (χ0n) is 19.4. The second-order valence-electron chi connectivity index (χ2n) is 8.65. The predicted molar refractivity (Wildman–Crippen MR) is 149 cm³/mol. The molecule has 0 aliphatic heterocycles. The Balaban J connectivity index is 1.71. The molecule has 5 aromatic rings. The largest absolute Gasteiger partial charge is 0.354 e. The lowest BCUT2D eigenvalue weighted by molar-refractivity contribution is 0.842. The highest BCUT2D eigenvalue weighted by Crippen LogP contribution is 2.37. The number of anilines is 2. The molecule has 0 radical (unpaired) electrons. The van der Waals surface area contributed by atoms with Crippen molar-refractivity contribution in [2.45, 2.75) is 20.4 Å². The molecule has 168 valence electrons. The minimum atomic E-state index is 0.582. The van der Waals surface area contributed by atoms with Crippen molar-refractivity contribution >= 4 is 61.3 Å². The van der Waals surface area contributed by atoms with Crippen LogP contribution in [-0.2, 0) is 6.54 Å². The first-order valence-corrected chi connectivity index (χ1v) is 11.6. The normalized spacial score (nSPS) is 11.9. The first kappa shape index (κ1) is 22.0. The van der Waals surface area contributed by atoms with Crippen LogP contribution in [0.5, 0.6) is 0 Å². The predicted octanol–water partition coefficient (Wildman–Crippen LogP) is 8.90. The van der Waals surface area contributed by atoms with Gasteiger partial charge in [0.05, 0.1) is 34.0 Å². The van der Waals surface area contributed by atoms with Crippen LogP contribution in [0.15, 0.2) is 108 Å². The lowest BCUT2D eigenvalue weighted by Crippen LogP contribution is -2.02. The van der Waals surface area contributed by atoms with E-state index < -0.39 is 0 Å². The zero-order chi connectivity index (χ0) is 23.8. The minimum absolute atomic E-state index is 0.582. The maximum absolute atomic E-state index is 6.39. The Kier molecular flexibility index (Phi) is 5.72. The number of allylic oxidation sites excluding steroid dienone is 2. The number of nitrogens with one attached hydrogen (secondary N) is 1. The molecule has 1 aromatic heterocycles. The molecular weight excluding hydrogens is 438 g/mol. The van der Waals surface area contributed by atoms with Gasteiger partial charge in [-0.25, -0.2) is 0 Å². The van der Waals surface area contributed by atoms with Gasteiger partial charge in [0.1, 0.15) is 0 Å². The molecule has 0 unspecified atom stereocenters. The number of rotatable bonds is 6. The van der Waals surface area contributed by atoms with E-state index in [1.807, 2.05) is 38.1 Å². The molecular formula is C30H26ClN3. The molecule has 5 rings (SSSR count). The van der Waals surface area contributed by atoms with Gasteiger partial charge in [0.15, 0.2) is 0 Å². The molecule has 4 aromatic carbocycles. The van der Waals surface area contributed by atoms with Crippen LogP contribution in [0.25, 0.3) is 32.6 Å². The second-order valence-corrected chi connectivity index (χ2v) is 9.05. The van der Waals surface area contributed by atoms with Gasteiger partial charge in [0.2, 0.25) is 0 Å². The van der Waals surface area contributed by atoms with Gasteiger partial charge in [0.25, 0.3) is 0 Å².